The van der Waals surface area contributed by atoms with Crippen molar-refractivity contribution in [1.29, 1.82) is 0 Å². The highest BCUT2D eigenvalue weighted by atomic mass is 19.2. The van der Waals surface area contributed by atoms with Crippen molar-refractivity contribution < 1.29 is 8.78 Å². The van der Waals surface area contributed by atoms with Gasteiger partial charge in [0.15, 0.2) is 11.6 Å². The molecule has 0 amide bonds. The molecule has 16 heavy (non-hydrogen) atoms. The van der Waals surface area contributed by atoms with Gasteiger partial charge in [0, 0.05) is 6.54 Å². The molecule has 0 N–H and O–H groups in total. The molecule has 1 aromatic carbocycles. The van der Waals surface area contributed by atoms with Crippen LogP contribution >= 0.6 is 0 Å². The monoisotopic (exact) mass is 224 g/mol. The molecule has 0 aliphatic heterocycles. The van der Waals surface area contributed by atoms with E-state index in [1.165, 1.54) is 10.6 Å². The van der Waals surface area contributed by atoms with E-state index in [1.54, 1.807) is 13.8 Å². The third-order valence-electron chi connectivity index (χ3n) is 2.52. The summed E-state index contributed by atoms with van der Waals surface area (Å²) in [5.74, 6) is -1.67. The smallest absolute Gasteiger partial charge is 0.264 e. The molecule has 0 aliphatic carbocycles. The second-order valence-corrected chi connectivity index (χ2v) is 3.46. The standard InChI is InChI=1S/C11H10F2N2O/c1-3-15-6(2)14-8-5-4-7(12)10(13)9(8)11(15)16/h4-5H,3H2,1-2H3. The number of hydrogen-bond acceptors (Lipinski definition) is 2. The number of aryl methyl sites for hydroxylation is 1. The Kier molecular flexibility index (Phi) is 2.46. The van der Waals surface area contributed by atoms with Gasteiger partial charge < -0.3 is 0 Å². The van der Waals surface area contributed by atoms with Crippen LogP contribution in [-0.4, -0.2) is 9.55 Å². The highest BCUT2D eigenvalue weighted by Crippen LogP contribution is 2.15. The van der Waals surface area contributed by atoms with Gasteiger partial charge in [0.2, 0.25) is 0 Å². The highest BCUT2D eigenvalue weighted by molar-refractivity contribution is 5.78. The van der Waals surface area contributed by atoms with E-state index in [2.05, 4.69) is 4.98 Å². The maximum absolute atomic E-state index is 13.5. The van der Waals surface area contributed by atoms with E-state index in [-0.39, 0.29) is 10.9 Å². The zero-order valence-corrected chi connectivity index (χ0v) is 8.92. The third kappa shape index (κ3) is 1.39. The van der Waals surface area contributed by atoms with Gasteiger partial charge in [-0.15, -0.1) is 0 Å². The lowest BCUT2D eigenvalue weighted by Crippen LogP contribution is -2.24. The molecule has 1 heterocycles. The van der Waals surface area contributed by atoms with Gasteiger partial charge in [-0.1, -0.05) is 0 Å². The third-order valence-corrected chi connectivity index (χ3v) is 2.52. The predicted octanol–water partition coefficient (Wildman–Crippen LogP) is 2.00. The first-order valence-corrected chi connectivity index (χ1v) is 4.91. The number of halogens is 2. The van der Waals surface area contributed by atoms with Crippen molar-refractivity contribution in [2.75, 3.05) is 0 Å². The van der Waals surface area contributed by atoms with Crippen LogP contribution in [0.25, 0.3) is 10.9 Å². The van der Waals surface area contributed by atoms with E-state index < -0.39 is 17.2 Å². The minimum atomic E-state index is -1.13. The molecule has 3 nitrogen and oxygen atoms in total. The molecule has 0 aliphatic rings. The lowest BCUT2D eigenvalue weighted by molar-refractivity contribution is 0.514. The average Bonchev–Trinajstić information content (AvgIpc) is 2.24. The van der Waals surface area contributed by atoms with Gasteiger partial charge in [0.25, 0.3) is 5.56 Å². The molecular formula is C11H10F2N2O. The Hall–Kier alpha value is -1.78. The Morgan fingerprint density at radius 3 is 2.69 bits per heavy atom. The van der Waals surface area contributed by atoms with Crippen LogP contribution in [0.2, 0.25) is 0 Å². The lowest BCUT2D eigenvalue weighted by Gasteiger charge is -2.08. The largest absolute Gasteiger partial charge is 0.297 e. The number of fused-ring (bicyclic) bond motifs is 1. The van der Waals surface area contributed by atoms with Crippen LogP contribution in [0.3, 0.4) is 0 Å². The van der Waals surface area contributed by atoms with Gasteiger partial charge in [0.1, 0.15) is 11.2 Å². The van der Waals surface area contributed by atoms with Crippen molar-refractivity contribution in [3.05, 3.63) is 39.9 Å². The first kappa shape index (κ1) is 10.7. The molecule has 0 bridgehead atoms. The Labute approximate surface area is 90.3 Å². The van der Waals surface area contributed by atoms with Gasteiger partial charge in [-0.2, -0.15) is 0 Å². The topological polar surface area (TPSA) is 34.9 Å². The predicted molar refractivity (Wildman–Crippen MR) is 56.3 cm³/mol. The number of hydrogen-bond donors (Lipinski definition) is 0. The zero-order valence-electron chi connectivity index (χ0n) is 8.92. The summed E-state index contributed by atoms with van der Waals surface area (Å²) in [6.45, 7) is 3.79. The minimum absolute atomic E-state index is 0.186. The molecular weight excluding hydrogens is 214 g/mol. The first-order chi connectivity index (χ1) is 7.56. The van der Waals surface area contributed by atoms with Crippen molar-refractivity contribution >= 4 is 10.9 Å². The molecule has 1 aromatic heterocycles. The van der Waals surface area contributed by atoms with Gasteiger partial charge in [-0.05, 0) is 26.0 Å². The van der Waals surface area contributed by atoms with Crippen LogP contribution in [-0.2, 0) is 6.54 Å². The van der Waals surface area contributed by atoms with E-state index in [0.717, 1.165) is 6.07 Å². The molecule has 0 saturated carbocycles. The summed E-state index contributed by atoms with van der Waals surface area (Å²) in [4.78, 5) is 15.9. The Morgan fingerprint density at radius 1 is 1.38 bits per heavy atom. The molecule has 0 atom stereocenters. The van der Waals surface area contributed by atoms with Crippen molar-refractivity contribution in [1.82, 2.24) is 9.55 Å². The maximum atomic E-state index is 13.5. The number of rotatable bonds is 1. The van der Waals surface area contributed by atoms with Gasteiger partial charge in [0.05, 0.1) is 5.52 Å². The average molecular weight is 224 g/mol. The molecule has 0 fully saturated rings. The summed E-state index contributed by atoms with van der Waals surface area (Å²) in [6, 6.07) is 2.28. The summed E-state index contributed by atoms with van der Waals surface area (Å²) in [7, 11) is 0. The van der Waals surface area contributed by atoms with Crippen molar-refractivity contribution in [3.63, 3.8) is 0 Å². The van der Waals surface area contributed by atoms with Crippen molar-refractivity contribution in [2.24, 2.45) is 0 Å². The van der Waals surface area contributed by atoms with Crippen LogP contribution in [0, 0.1) is 18.6 Å². The fourth-order valence-electron chi connectivity index (χ4n) is 1.73. The summed E-state index contributed by atoms with van der Waals surface area (Å²) >= 11 is 0. The van der Waals surface area contributed by atoms with Crippen molar-refractivity contribution in [2.45, 2.75) is 20.4 Å². The fourth-order valence-corrected chi connectivity index (χ4v) is 1.73. The molecule has 2 aromatic rings. The quantitative estimate of drug-likeness (QED) is 0.742. The van der Waals surface area contributed by atoms with E-state index in [1.807, 2.05) is 0 Å². The van der Waals surface area contributed by atoms with Crippen LogP contribution in [0.15, 0.2) is 16.9 Å². The second-order valence-electron chi connectivity index (χ2n) is 3.46. The molecule has 0 unspecified atom stereocenters. The van der Waals surface area contributed by atoms with Crippen molar-refractivity contribution in [3.8, 4) is 0 Å². The number of benzene rings is 1. The summed E-state index contributed by atoms with van der Waals surface area (Å²) < 4.78 is 27.8. The zero-order chi connectivity index (χ0) is 11.9. The molecule has 0 saturated heterocycles. The van der Waals surface area contributed by atoms with E-state index >= 15 is 0 Å². The SMILES string of the molecule is CCn1c(C)nc2ccc(F)c(F)c2c1=O. The number of aromatic nitrogens is 2. The Balaban J connectivity index is 3.01. The molecule has 0 spiro atoms. The summed E-state index contributed by atoms with van der Waals surface area (Å²) in [5, 5.41) is -0.285. The molecule has 0 radical (unpaired) electrons. The maximum Gasteiger partial charge on any atom is 0.264 e. The fraction of sp³-hybridized carbons (Fsp3) is 0.273. The summed E-state index contributed by atoms with van der Waals surface area (Å²) in [6.07, 6.45) is 0. The van der Waals surface area contributed by atoms with E-state index in [9.17, 15) is 13.6 Å². The first-order valence-electron chi connectivity index (χ1n) is 4.91. The lowest BCUT2D eigenvalue weighted by atomic mass is 10.2. The minimum Gasteiger partial charge on any atom is -0.297 e. The van der Waals surface area contributed by atoms with E-state index in [0.29, 0.717) is 12.4 Å². The van der Waals surface area contributed by atoms with E-state index in [4.69, 9.17) is 0 Å². The molecule has 2 rings (SSSR count). The van der Waals surface area contributed by atoms with Crippen LogP contribution in [0.1, 0.15) is 12.7 Å². The highest BCUT2D eigenvalue weighted by Gasteiger charge is 2.14. The second kappa shape index (κ2) is 3.66. The van der Waals surface area contributed by atoms with Gasteiger partial charge in [-0.25, -0.2) is 13.8 Å². The Bertz CT molecular complexity index is 619. The Morgan fingerprint density at radius 2 is 2.06 bits per heavy atom. The molecule has 5 heteroatoms. The number of nitrogens with zero attached hydrogens (tertiary/aromatic N) is 2. The van der Waals surface area contributed by atoms with Crippen LogP contribution in [0.4, 0.5) is 8.78 Å². The van der Waals surface area contributed by atoms with Gasteiger partial charge >= 0.3 is 0 Å². The van der Waals surface area contributed by atoms with Gasteiger partial charge in [-0.3, -0.25) is 9.36 Å². The van der Waals surface area contributed by atoms with Crippen LogP contribution in [0.5, 0.6) is 0 Å². The normalized spacial score (nSPS) is 11.0. The van der Waals surface area contributed by atoms with Crippen LogP contribution < -0.4 is 5.56 Å². The molecule has 84 valence electrons. The summed E-state index contributed by atoms with van der Waals surface area (Å²) in [5.41, 5.74) is -0.354.